The molecule has 0 spiro atoms. The average Bonchev–Trinajstić information content (AvgIpc) is 1.97. The summed E-state index contributed by atoms with van der Waals surface area (Å²) in [5.41, 5.74) is 0. The highest BCUT2D eigenvalue weighted by atomic mass is 16.5. The maximum Gasteiger partial charge on any atom is 0.302 e. The number of hydrogen-bond acceptors (Lipinski definition) is 2. The number of esters is 1. The molecule has 0 radical (unpaired) electrons. The second-order valence-electron chi connectivity index (χ2n) is 3.96. The third-order valence-corrected chi connectivity index (χ3v) is 2.74. The van der Waals surface area contributed by atoms with Crippen LogP contribution in [0, 0.1) is 11.8 Å². The van der Waals surface area contributed by atoms with Crippen molar-refractivity contribution in [3.05, 3.63) is 0 Å². The molecule has 1 fully saturated rings. The van der Waals surface area contributed by atoms with Gasteiger partial charge in [0.15, 0.2) is 0 Å². The third kappa shape index (κ3) is 2.23. The van der Waals surface area contributed by atoms with Crippen molar-refractivity contribution in [1.82, 2.24) is 0 Å². The van der Waals surface area contributed by atoms with E-state index in [9.17, 15) is 4.79 Å². The molecule has 2 nitrogen and oxygen atoms in total. The smallest absolute Gasteiger partial charge is 0.302 e. The SMILES string of the molecule is CC(=O)OC1[C@H](C)CCC[C@H]1C. The Morgan fingerprint density at radius 2 is 1.75 bits per heavy atom. The van der Waals surface area contributed by atoms with Gasteiger partial charge in [-0.25, -0.2) is 0 Å². The molecule has 0 heterocycles. The van der Waals surface area contributed by atoms with Gasteiger partial charge in [-0.05, 0) is 24.7 Å². The van der Waals surface area contributed by atoms with Gasteiger partial charge in [0.2, 0.25) is 0 Å². The summed E-state index contributed by atoms with van der Waals surface area (Å²) in [5.74, 6) is 0.941. The molecule has 0 aromatic heterocycles. The average molecular weight is 170 g/mol. The summed E-state index contributed by atoms with van der Waals surface area (Å²) in [4.78, 5) is 10.8. The Bertz CT molecular complexity index is 155. The number of hydrogen-bond donors (Lipinski definition) is 0. The Kier molecular flexibility index (Phi) is 3.12. The number of ether oxygens (including phenoxy) is 1. The van der Waals surface area contributed by atoms with Gasteiger partial charge < -0.3 is 4.74 Å². The van der Waals surface area contributed by atoms with Gasteiger partial charge >= 0.3 is 5.97 Å². The van der Waals surface area contributed by atoms with Crippen LogP contribution in [-0.4, -0.2) is 12.1 Å². The summed E-state index contributed by atoms with van der Waals surface area (Å²) in [6.07, 6.45) is 3.83. The fourth-order valence-corrected chi connectivity index (χ4v) is 2.08. The van der Waals surface area contributed by atoms with Crippen LogP contribution in [0.3, 0.4) is 0 Å². The van der Waals surface area contributed by atoms with Crippen LogP contribution in [0.5, 0.6) is 0 Å². The summed E-state index contributed by atoms with van der Waals surface area (Å²) >= 11 is 0. The van der Waals surface area contributed by atoms with Crippen molar-refractivity contribution in [1.29, 1.82) is 0 Å². The molecule has 0 aromatic rings. The second-order valence-corrected chi connectivity index (χ2v) is 3.96. The van der Waals surface area contributed by atoms with Crippen molar-refractivity contribution in [3.8, 4) is 0 Å². The van der Waals surface area contributed by atoms with Crippen LogP contribution in [0.4, 0.5) is 0 Å². The van der Waals surface area contributed by atoms with Gasteiger partial charge in [0, 0.05) is 6.92 Å². The van der Waals surface area contributed by atoms with Gasteiger partial charge in [-0.1, -0.05) is 20.3 Å². The van der Waals surface area contributed by atoms with Crippen molar-refractivity contribution in [2.75, 3.05) is 0 Å². The van der Waals surface area contributed by atoms with Crippen molar-refractivity contribution in [2.45, 2.75) is 46.1 Å². The molecule has 12 heavy (non-hydrogen) atoms. The zero-order valence-corrected chi connectivity index (χ0v) is 8.17. The fourth-order valence-electron chi connectivity index (χ4n) is 2.08. The van der Waals surface area contributed by atoms with E-state index >= 15 is 0 Å². The monoisotopic (exact) mass is 170 g/mol. The highest BCUT2D eigenvalue weighted by molar-refractivity contribution is 5.66. The molecule has 0 amide bonds. The van der Waals surface area contributed by atoms with E-state index in [0.717, 1.165) is 0 Å². The summed E-state index contributed by atoms with van der Waals surface area (Å²) in [5, 5.41) is 0. The van der Waals surface area contributed by atoms with Crippen LogP contribution in [0.15, 0.2) is 0 Å². The van der Waals surface area contributed by atoms with Gasteiger partial charge in [-0.15, -0.1) is 0 Å². The lowest BCUT2D eigenvalue weighted by molar-refractivity contribution is -0.153. The van der Waals surface area contributed by atoms with Gasteiger partial charge in [-0.2, -0.15) is 0 Å². The maximum absolute atomic E-state index is 10.8. The zero-order valence-electron chi connectivity index (χ0n) is 8.17. The minimum Gasteiger partial charge on any atom is -0.462 e. The molecule has 0 bridgehead atoms. The van der Waals surface area contributed by atoms with Crippen LogP contribution in [0.25, 0.3) is 0 Å². The Morgan fingerprint density at radius 1 is 1.25 bits per heavy atom. The van der Waals surface area contributed by atoms with E-state index in [-0.39, 0.29) is 12.1 Å². The largest absolute Gasteiger partial charge is 0.462 e. The maximum atomic E-state index is 10.8. The molecule has 1 aliphatic rings. The molecular weight excluding hydrogens is 152 g/mol. The van der Waals surface area contributed by atoms with Crippen LogP contribution in [0.1, 0.15) is 40.0 Å². The summed E-state index contributed by atoms with van der Waals surface area (Å²) in [6.45, 7) is 5.83. The standard InChI is InChI=1S/C10H18O2/c1-7-5-4-6-8(2)10(7)12-9(3)11/h7-8,10H,4-6H2,1-3H3/t7-,8-/m1/s1. The van der Waals surface area contributed by atoms with Crippen molar-refractivity contribution in [3.63, 3.8) is 0 Å². The molecule has 0 saturated heterocycles. The van der Waals surface area contributed by atoms with Gasteiger partial charge in [0.05, 0.1) is 0 Å². The molecule has 0 N–H and O–H groups in total. The van der Waals surface area contributed by atoms with E-state index in [0.29, 0.717) is 11.8 Å². The number of carbonyl (C=O) groups excluding carboxylic acids is 1. The molecule has 2 atom stereocenters. The van der Waals surface area contributed by atoms with E-state index in [4.69, 9.17) is 4.74 Å². The minimum atomic E-state index is -0.138. The highest BCUT2D eigenvalue weighted by Gasteiger charge is 2.29. The molecule has 0 aromatic carbocycles. The lowest BCUT2D eigenvalue weighted by atomic mass is 9.80. The Morgan fingerprint density at radius 3 is 2.17 bits per heavy atom. The second kappa shape index (κ2) is 3.92. The first kappa shape index (κ1) is 9.56. The third-order valence-electron chi connectivity index (χ3n) is 2.74. The predicted molar refractivity (Wildman–Crippen MR) is 47.7 cm³/mol. The van der Waals surface area contributed by atoms with E-state index in [1.165, 1.54) is 26.2 Å². The fraction of sp³-hybridized carbons (Fsp3) is 0.900. The predicted octanol–water partition coefficient (Wildman–Crippen LogP) is 2.37. The van der Waals surface area contributed by atoms with E-state index in [1.54, 1.807) is 0 Å². The first-order chi connectivity index (χ1) is 5.61. The Hall–Kier alpha value is -0.530. The van der Waals surface area contributed by atoms with Crippen LogP contribution < -0.4 is 0 Å². The van der Waals surface area contributed by atoms with Gasteiger partial charge in [0.25, 0.3) is 0 Å². The summed E-state index contributed by atoms with van der Waals surface area (Å²) in [6, 6.07) is 0. The molecule has 1 aliphatic carbocycles. The summed E-state index contributed by atoms with van der Waals surface area (Å²) < 4.78 is 5.28. The highest BCUT2D eigenvalue weighted by Crippen LogP contribution is 2.31. The van der Waals surface area contributed by atoms with Crippen LogP contribution in [-0.2, 0) is 9.53 Å². The molecular formula is C10H18O2. The molecule has 0 unspecified atom stereocenters. The Balaban J connectivity index is 2.50. The molecule has 70 valence electrons. The lowest BCUT2D eigenvalue weighted by Gasteiger charge is -2.33. The normalized spacial score (nSPS) is 31.6. The zero-order chi connectivity index (χ0) is 9.14. The molecule has 2 heteroatoms. The van der Waals surface area contributed by atoms with Crippen molar-refractivity contribution >= 4 is 5.97 Å². The summed E-state index contributed by atoms with van der Waals surface area (Å²) in [7, 11) is 0. The quantitative estimate of drug-likeness (QED) is 0.565. The van der Waals surface area contributed by atoms with E-state index < -0.39 is 0 Å². The van der Waals surface area contributed by atoms with Crippen molar-refractivity contribution < 1.29 is 9.53 Å². The topological polar surface area (TPSA) is 26.3 Å². The van der Waals surface area contributed by atoms with Crippen molar-refractivity contribution in [2.24, 2.45) is 11.8 Å². The van der Waals surface area contributed by atoms with Gasteiger partial charge in [0.1, 0.15) is 6.10 Å². The van der Waals surface area contributed by atoms with Gasteiger partial charge in [-0.3, -0.25) is 4.79 Å². The van der Waals surface area contributed by atoms with Crippen LogP contribution in [0.2, 0.25) is 0 Å². The Labute approximate surface area is 74.3 Å². The van der Waals surface area contributed by atoms with Crippen LogP contribution >= 0.6 is 0 Å². The molecule has 0 aliphatic heterocycles. The minimum absolute atomic E-state index is 0.138. The first-order valence-corrected chi connectivity index (χ1v) is 4.78. The van der Waals surface area contributed by atoms with E-state index in [2.05, 4.69) is 13.8 Å². The lowest BCUT2D eigenvalue weighted by Crippen LogP contribution is -2.34. The molecule has 1 saturated carbocycles. The van der Waals surface area contributed by atoms with E-state index in [1.807, 2.05) is 0 Å². The number of rotatable bonds is 1. The number of carbonyl (C=O) groups is 1. The first-order valence-electron chi connectivity index (χ1n) is 4.78. The molecule has 1 rings (SSSR count).